The summed E-state index contributed by atoms with van der Waals surface area (Å²) < 4.78 is 16.2. The number of hydrogen-bond donors (Lipinski definition) is 1. The van der Waals surface area contributed by atoms with E-state index in [4.69, 9.17) is 25.6 Å². The van der Waals surface area contributed by atoms with Crippen LogP contribution < -0.4 is 14.8 Å². The van der Waals surface area contributed by atoms with Crippen molar-refractivity contribution in [3.8, 4) is 22.9 Å². The fourth-order valence-electron chi connectivity index (χ4n) is 3.06. The van der Waals surface area contributed by atoms with Crippen LogP contribution in [0, 0.1) is 5.92 Å². The first-order valence-electron chi connectivity index (χ1n) is 9.35. The van der Waals surface area contributed by atoms with E-state index < -0.39 is 6.04 Å². The molecule has 1 amide bonds. The second-order valence-corrected chi connectivity index (χ2v) is 7.25. The number of carbonyl (C=O) groups is 1. The van der Waals surface area contributed by atoms with Gasteiger partial charge in [0.1, 0.15) is 6.04 Å². The predicted molar refractivity (Wildman–Crippen MR) is 107 cm³/mol. The molecule has 0 saturated carbocycles. The fourth-order valence-corrected chi connectivity index (χ4v) is 3.28. The minimum absolute atomic E-state index is 0.0755. The van der Waals surface area contributed by atoms with Gasteiger partial charge in [0, 0.05) is 5.56 Å². The first-order chi connectivity index (χ1) is 14.1. The van der Waals surface area contributed by atoms with Gasteiger partial charge in [0.25, 0.3) is 5.91 Å². The normalized spacial score (nSPS) is 14.4. The summed E-state index contributed by atoms with van der Waals surface area (Å²) in [5.74, 6) is 1.86. The minimum Gasteiger partial charge on any atom is -0.454 e. The highest BCUT2D eigenvalue weighted by Gasteiger charge is 2.28. The number of rotatable bonds is 6. The number of benzene rings is 2. The predicted octanol–water partition coefficient (Wildman–Crippen LogP) is 4.64. The van der Waals surface area contributed by atoms with Crippen molar-refractivity contribution < 1.29 is 18.8 Å². The van der Waals surface area contributed by atoms with Crippen molar-refractivity contribution in [2.24, 2.45) is 5.92 Å². The van der Waals surface area contributed by atoms with E-state index in [1.54, 1.807) is 36.4 Å². The number of hydrogen-bond acceptors (Lipinski definition) is 6. The van der Waals surface area contributed by atoms with Crippen LogP contribution in [0.2, 0.25) is 5.02 Å². The van der Waals surface area contributed by atoms with E-state index >= 15 is 0 Å². The van der Waals surface area contributed by atoms with Crippen molar-refractivity contribution in [1.29, 1.82) is 0 Å². The molecule has 150 valence electrons. The van der Waals surface area contributed by atoms with Crippen molar-refractivity contribution in [1.82, 2.24) is 15.5 Å². The van der Waals surface area contributed by atoms with Crippen LogP contribution in [-0.4, -0.2) is 22.8 Å². The van der Waals surface area contributed by atoms with Crippen LogP contribution in [0.15, 0.2) is 47.0 Å². The van der Waals surface area contributed by atoms with Crippen molar-refractivity contribution in [2.45, 2.75) is 26.3 Å². The van der Waals surface area contributed by atoms with Gasteiger partial charge in [-0.1, -0.05) is 49.2 Å². The lowest BCUT2D eigenvalue weighted by Gasteiger charge is -2.21. The number of aromatic nitrogens is 2. The van der Waals surface area contributed by atoms with Gasteiger partial charge in [0.2, 0.25) is 18.5 Å². The largest absolute Gasteiger partial charge is 0.454 e. The SMILES string of the molecule is CC[C@H](C)[C@H](NC(=O)c1ccccc1Cl)c1nc(-c2ccc3c(c2)OCO3)no1. The summed E-state index contributed by atoms with van der Waals surface area (Å²) in [5, 5.41) is 7.46. The molecule has 1 aliphatic rings. The van der Waals surface area contributed by atoms with E-state index in [0.29, 0.717) is 33.8 Å². The van der Waals surface area contributed by atoms with Crippen LogP contribution in [0.3, 0.4) is 0 Å². The van der Waals surface area contributed by atoms with Crippen LogP contribution in [-0.2, 0) is 0 Å². The van der Waals surface area contributed by atoms with Gasteiger partial charge in [-0.3, -0.25) is 4.79 Å². The van der Waals surface area contributed by atoms with E-state index in [9.17, 15) is 4.79 Å². The minimum atomic E-state index is -0.445. The second-order valence-electron chi connectivity index (χ2n) is 6.84. The maximum atomic E-state index is 12.8. The van der Waals surface area contributed by atoms with Gasteiger partial charge in [-0.15, -0.1) is 0 Å². The molecular formula is C21H20ClN3O4. The van der Waals surface area contributed by atoms with Gasteiger partial charge in [-0.2, -0.15) is 4.98 Å². The maximum absolute atomic E-state index is 12.8. The quantitative estimate of drug-likeness (QED) is 0.633. The van der Waals surface area contributed by atoms with Gasteiger partial charge in [-0.25, -0.2) is 0 Å². The molecule has 0 unspecified atom stereocenters. The highest BCUT2D eigenvalue weighted by atomic mass is 35.5. The Bertz CT molecular complexity index is 1040. The molecule has 0 spiro atoms. The molecule has 0 radical (unpaired) electrons. The Labute approximate surface area is 173 Å². The molecule has 2 heterocycles. The molecule has 2 aromatic carbocycles. The highest BCUT2D eigenvalue weighted by Crippen LogP contribution is 2.35. The van der Waals surface area contributed by atoms with Gasteiger partial charge in [-0.05, 0) is 36.2 Å². The van der Waals surface area contributed by atoms with E-state index in [-0.39, 0.29) is 18.6 Å². The lowest BCUT2D eigenvalue weighted by atomic mass is 9.98. The number of fused-ring (bicyclic) bond motifs is 1. The number of amides is 1. The van der Waals surface area contributed by atoms with Crippen molar-refractivity contribution in [3.05, 3.63) is 58.9 Å². The zero-order valence-electron chi connectivity index (χ0n) is 16.0. The zero-order valence-corrected chi connectivity index (χ0v) is 16.8. The summed E-state index contributed by atoms with van der Waals surface area (Å²) in [6.07, 6.45) is 0.815. The first kappa shape index (κ1) is 19.3. The summed E-state index contributed by atoms with van der Waals surface area (Å²) in [7, 11) is 0. The standard InChI is InChI=1S/C21H20ClN3O4/c1-3-12(2)18(23-20(26)14-6-4-5-7-15(14)22)21-24-19(25-29-21)13-8-9-16-17(10-13)28-11-27-16/h4-10,12,18H,3,11H2,1-2H3,(H,23,26)/t12-,18-/m0/s1. The Balaban J connectivity index is 1.60. The molecule has 2 atom stereocenters. The number of carbonyl (C=O) groups excluding carboxylic acids is 1. The molecule has 4 rings (SSSR count). The van der Waals surface area contributed by atoms with Crippen molar-refractivity contribution in [2.75, 3.05) is 6.79 Å². The Morgan fingerprint density at radius 3 is 2.79 bits per heavy atom. The van der Waals surface area contributed by atoms with Crippen LogP contribution in [0.5, 0.6) is 11.5 Å². The average Bonchev–Trinajstić information content (AvgIpc) is 3.40. The summed E-state index contributed by atoms with van der Waals surface area (Å²) in [6.45, 7) is 4.25. The van der Waals surface area contributed by atoms with Crippen LogP contribution in [0.4, 0.5) is 0 Å². The molecule has 29 heavy (non-hydrogen) atoms. The van der Waals surface area contributed by atoms with Crippen molar-refractivity contribution in [3.63, 3.8) is 0 Å². The monoisotopic (exact) mass is 413 g/mol. The highest BCUT2D eigenvalue weighted by molar-refractivity contribution is 6.33. The third-order valence-electron chi connectivity index (χ3n) is 4.96. The Morgan fingerprint density at radius 1 is 1.21 bits per heavy atom. The smallest absolute Gasteiger partial charge is 0.253 e. The molecule has 1 N–H and O–H groups in total. The Hall–Kier alpha value is -3.06. The fraction of sp³-hybridized carbons (Fsp3) is 0.286. The van der Waals surface area contributed by atoms with Crippen LogP contribution in [0.25, 0.3) is 11.4 Å². The third-order valence-corrected chi connectivity index (χ3v) is 5.29. The lowest BCUT2D eigenvalue weighted by molar-refractivity contribution is 0.0910. The molecule has 1 aromatic heterocycles. The summed E-state index contributed by atoms with van der Waals surface area (Å²) in [6, 6.07) is 11.9. The van der Waals surface area contributed by atoms with Crippen molar-refractivity contribution >= 4 is 17.5 Å². The molecule has 8 heteroatoms. The Kier molecular flexibility index (Phi) is 5.40. The molecule has 0 aliphatic carbocycles. The molecule has 1 aliphatic heterocycles. The van der Waals surface area contributed by atoms with E-state index in [1.807, 2.05) is 19.9 Å². The van der Waals surface area contributed by atoms with Gasteiger partial charge < -0.3 is 19.3 Å². The van der Waals surface area contributed by atoms with E-state index in [0.717, 1.165) is 12.0 Å². The average molecular weight is 414 g/mol. The summed E-state index contributed by atoms with van der Waals surface area (Å²) >= 11 is 6.16. The molecule has 3 aromatic rings. The maximum Gasteiger partial charge on any atom is 0.253 e. The summed E-state index contributed by atoms with van der Waals surface area (Å²) in [5.41, 5.74) is 1.14. The molecule has 0 bridgehead atoms. The number of nitrogens with zero attached hydrogens (tertiary/aromatic N) is 2. The number of nitrogens with one attached hydrogen (secondary N) is 1. The lowest BCUT2D eigenvalue weighted by Crippen LogP contribution is -2.33. The van der Waals surface area contributed by atoms with Gasteiger partial charge >= 0.3 is 0 Å². The van der Waals surface area contributed by atoms with Crippen LogP contribution >= 0.6 is 11.6 Å². The zero-order chi connectivity index (χ0) is 20.4. The summed E-state index contributed by atoms with van der Waals surface area (Å²) in [4.78, 5) is 17.3. The van der Waals surface area contributed by atoms with E-state index in [1.165, 1.54) is 0 Å². The Morgan fingerprint density at radius 2 is 2.00 bits per heavy atom. The van der Waals surface area contributed by atoms with Gasteiger partial charge in [0.05, 0.1) is 10.6 Å². The first-order valence-corrected chi connectivity index (χ1v) is 9.73. The molecule has 7 nitrogen and oxygen atoms in total. The second kappa shape index (κ2) is 8.13. The molecular weight excluding hydrogens is 394 g/mol. The van der Waals surface area contributed by atoms with Gasteiger partial charge in [0.15, 0.2) is 11.5 Å². The topological polar surface area (TPSA) is 86.5 Å². The molecule has 0 saturated heterocycles. The third kappa shape index (κ3) is 3.91. The van der Waals surface area contributed by atoms with E-state index in [2.05, 4.69) is 15.5 Å². The van der Waals surface area contributed by atoms with Crippen LogP contribution in [0.1, 0.15) is 42.6 Å². The molecule has 0 fully saturated rings. The number of halogens is 1. The number of ether oxygens (including phenoxy) is 2.